The lowest BCUT2D eigenvalue weighted by molar-refractivity contribution is -0.274. The van der Waals surface area contributed by atoms with Crippen LogP contribution in [0.2, 0.25) is 0 Å². The molecule has 0 unspecified atom stereocenters. The van der Waals surface area contributed by atoms with Crippen LogP contribution in [0.3, 0.4) is 0 Å². The van der Waals surface area contributed by atoms with Gasteiger partial charge in [0.05, 0.1) is 0 Å². The van der Waals surface area contributed by atoms with Crippen LogP contribution in [0.1, 0.15) is 12.0 Å². The van der Waals surface area contributed by atoms with Crippen LogP contribution in [0.4, 0.5) is 13.2 Å². The first-order valence-corrected chi connectivity index (χ1v) is 6.14. The van der Waals surface area contributed by atoms with Crippen LogP contribution in [0.25, 0.3) is 0 Å². The lowest BCUT2D eigenvalue weighted by atomic mass is 10.1. The number of ether oxygens (including phenoxy) is 1. The fourth-order valence-corrected chi connectivity index (χ4v) is 2.12. The first-order valence-electron chi connectivity index (χ1n) is 4.53. The first kappa shape index (κ1) is 13.9. The van der Waals surface area contributed by atoms with Crippen molar-refractivity contribution in [2.24, 2.45) is 0 Å². The molecule has 0 aliphatic carbocycles. The van der Waals surface area contributed by atoms with E-state index in [4.69, 9.17) is 11.6 Å². The Morgan fingerprint density at radius 3 is 2.56 bits per heavy atom. The van der Waals surface area contributed by atoms with Gasteiger partial charge < -0.3 is 4.74 Å². The highest BCUT2D eigenvalue weighted by Crippen LogP contribution is 2.30. The molecule has 16 heavy (non-hydrogen) atoms. The second kappa shape index (κ2) is 5.95. The molecule has 0 saturated heterocycles. The number of hydrogen-bond acceptors (Lipinski definition) is 1. The molecule has 0 aromatic heterocycles. The maximum Gasteiger partial charge on any atom is 0.573 e. The van der Waals surface area contributed by atoms with Crippen molar-refractivity contribution in [3.8, 4) is 5.75 Å². The standard InChI is InChI=1S/C10H9ClF3IO/c11-6-2-3-7-8(15)4-1-5-9(7)16-10(12,13)14/h1,4-5H,2-3,6H2. The molecule has 1 nitrogen and oxygen atoms in total. The summed E-state index contributed by atoms with van der Waals surface area (Å²) in [6, 6.07) is 4.60. The van der Waals surface area contributed by atoms with Gasteiger partial charge in [0.2, 0.25) is 0 Å². The van der Waals surface area contributed by atoms with Gasteiger partial charge in [-0.05, 0) is 47.6 Å². The Morgan fingerprint density at radius 1 is 1.31 bits per heavy atom. The highest BCUT2D eigenvalue weighted by atomic mass is 127. The summed E-state index contributed by atoms with van der Waals surface area (Å²) in [5, 5.41) is 0. The summed E-state index contributed by atoms with van der Waals surface area (Å²) in [4.78, 5) is 0. The van der Waals surface area contributed by atoms with Gasteiger partial charge in [0.1, 0.15) is 5.75 Å². The van der Waals surface area contributed by atoms with Crippen molar-refractivity contribution in [2.45, 2.75) is 19.2 Å². The molecule has 0 heterocycles. The van der Waals surface area contributed by atoms with E-state index < -0.39 is 6.36 Å². The smallest absolute Gasteiger partial charge is 0.405 e. The normalized spacial score (nSPS) is 11.6. The molecule has 0 amide bonds. The van der Waals surface area contributed by atoms with Crippen molar-refractivity contribution in [2.75, 3.05) is 5.88 Å². The summed E-state index contributed by atoms with van der Waals surface area (Å²) >= 11 is 7.51. The van der Waals surface area contributed by atoms with Crippen LogP contribution in [0.5, 0.6) is 5.75 Å². The molecule has 0 N–H and O–H groups in total. The number of benzene rings is 1. The van der Waals surface area contributed by atoms with E-state index in [0.29, 0.717) is 24.3 Å². The van der Waals surface area contributed by atoms with Crippen molar-refractivity contribution in [1.82, 2.24) is 0 Å². The van der Waals surface area contributed by atoms with E-state index in [0.717, 1.165) is 3.57 Å². The summed E-state index contributed by atoms with van der Waals surface area (Å²) in [7, 11) is 0. The Balaban J connectivity index is 2.93. The van der Waals surface area contributed by atoms with Crippen molar-refractivity contribution in [3.63, 3.8) is 0 Å². The van der Waals surface area contributed by atoms with Gasteiger partial charge in [-0.3, -0.25) is 0 Å². The largest absolute Gasteiger partial charge is 0.573 e. The van der Waals surface area contributed by atoms with Gasteiger partial charge in [0, 0.05) is 15.0 Å². The predicted octanol–water partition coefficient (Wildman–Crippen LogP) is 4.36. The van der Waals surface area contributed by atoms with Gasteiger partial charge in [-0.1, -0.05) is 6.07 Å². The second-order valence-electron chi connectivity index (χ2n) is 3.06. The van der Waals surface area contributed by atoms with Gasteiger partial charge in [-0.15, -0.1) is 24.8 Å². The molecule has 0 atom stereocenters. The quantitative estimate of drug-likeness (QED) is 0.570. The SMILES string of the molecule is FC(F)(F)Oc1cccc(I)c1CCCCl. The Hall–Kier alpha value is -0.170. The minimum Gasteiger partial charge on any atom is -0.405 e. The zero-order valence-corrected chi connectivity index (χ0v) is 11.1. The number of halogens is 5. The maximum absolute atomic E-state index is 12.1. The second-order valence-corrected chi connectivity index (χ2v) is 4.60. The topological polar surface area (TPSA) is 9.23 Å². The minimum atomic E-state index is -4.65. The van der Waals surface area contributed by atoms with Gasteiger partial charge >= 0.3 is 6.36 Å². The minimum absolute atomic E-state index is 0.135. The molecule has 6 heteroatoms. The number of hydrogen-bond donors (Lipinski definition) is 0. The average molecular weight is 365 g/mol. The summed E-state index contributed by atoms with van der Waals surface area (Å²) in [5.74, 6) is 0.278. The summed E-state index contributed by atoms with van der Waals surface area (Å²) in [6.07, 6.45) is -3.55. The summed E-state index contributed by atoms with van der Waals surface area (Å²) in [6.45, 7) is 0. The van der Waals surface area contributed by atoms with Crippen LogP contribution in [-0.4, -0.2) is 12.2 Å². The molecule has 1 rings (SSSR count). The molecule has 0 bridgehead atoms. The predicted molar refractivity (Wildman–Crippen MR) is 64.9 cm³/mol. The number of rotatable bonds is 4. The molecule has 0 aliphatic rings. The first-order chi connectivity index (χ1) is 7.44. The highest BCUT2D eigenvalue weighted by Gasteiger charge is 2.32. The van der Waals surface area contributed by atoms with E-state index in [9.17, 15) is 13.2 Å². The van der Waals surface area contributed by atoms with Crippen molar-refractivity contribution in [3.05, 3.63) is 27.3 Å². The molecule has 1 aromatic rings. The van der Waals surface area contributed by atoms with E-state index in [1.165, 1.54) is 12.1 Å². The van der Waals surface area contributed by atoms with E-state index >= 15 is 0 Å². The lowest BCUT2D eigenvalue weighted by Crippen LogP contribution is -2.18. The monoisotopic (exact) mass is 364 g/mol. The summed E-state index contributed by atoms with van der Waals surface area (Å²) in [5.41, 5.74) is 0.557. The van der Waals surface area contributed by atoms with E-state index in [1.807, 2.05) is 22.6 Å². The maximum atomic E-state index is 12.1. The van der Waals surface area contributed by atoms with Gasteiger partial charge in [0.25, 0.3) is 0 Å². The van der Waals surface area contributed by atoms with Gasteiger partial charge in [0.15, 0.2) is 0 Å². The molecule has 0 fully saturated rings. The third kappa shape index (κ3) is 4.37. The van der Waals surface area contributed by atoms with Crippen molar-refractivity contribution >= 4 is 34.2 Å². The fourth-order valence-electron chi connectivity index (χ4n) is 1.25. The Kier molecular flexibility index (Phi) is 5.17. The Morgan fingerprint density at radius 2 is 2.00 bits per heavy atom. The Labute approximate surface area is 110 Å². The lowest BCUT2D eigenvalue weighted by Gasteiger charge is -2.14. The van der Waals surface area contributed by atoms with Crippen LogP contribution in [0.15, 0.2) is 18.2 Å². The van der Waals surface area contributed by atoms with E-state index in [1.54, 1.807) is 6.07 Å². The average Bonchev–Trinajstić information content (AvgIpc) is 2.14. The van der Waals surface area contributed by atoms with Gasteiger partial charge in [-0.2, -0.15) is 0 Å². The van der Waals surface area contributed by atoms with Crippen LogP contribution in [0, 0.1) is 3.57 Å². The van der Waals surface area contributed by atoms with Crippen molar-refractivity contribution in [1.29, 1.82) is 0 Å². The van der Waals surface area contributed by atoms with Crippen LogP contribution < -0.4 is 4.74 Å². The molecule has 0 aliphatic heterocycles. The molecular formula is C10H9ClF3IO. The highest BCUT2D eigenvalue weighted by molar-refractivity contribution is 14.1. The van der Waals surface area contributed by atoms with Crippen LogP contribution in [-0.2, 0) is 6.42 Å². The molecule has 0 radical (unpaired) electrons. The van der Waals surface area contributed by atoms with Crippen molar-refractivity contribution < 1.29 is 17.9 Å². The fraction of sp³-hybridized carbons (Fsp3) is 0.400. The third-order valence-corrected chi connectivity index (χ3v) is 3.14. The van der Waals surface area contributed by atoms with E-state index in [-0.39, 0.29) is 5.75 Å². The zero-order chi connectivity index (χ0) is 12.2. The molecule has 1 aromatic carbocycles. The molecular weight excluding hydrogens is 355 g/mol. The van der Waals surface area contributed by atoms with Crippen LogP contribution >= 0.6 is 34.2 Å². The molecule has 0 saturated carbocycles. The number of alkyl halides is 4. The molecule has 0 spiro atoms. The Bertz CT molecular complexity index is 354. The summed E-state index contributed by atoms with van der Waals surface area (Å²) < 4.78 is 41.1. The molecule has 90 valence electrons. The third-order valence-electron chi connectivity index (χ3n) is 1.86. The zero-order valence-electron chi connectivity index (χ0n) is 8.15. The van der Waals surface area contributed by atoms with Gasteiger partial charge in [-0.25, -0.2) is 0 Å². The van der Waals surface area contributed by atoms with E-state index in [2.05, 4.69) is 4.74 Å².